The molecule has 1 atom stereocenters. The molecule has 1 heterocycles. The van der Waals surface area contributed by atoms with Crippen molar-refractivity contribution in [2.75, 3.05) is 23.3 Å². The van der Waals surface area contributed by atoms with E-state index in [1.807, 2.05) is 43.3 Å². The van der Waals surface area contributed by atoms with Gasteiger partial charge in [0.15, 0.2) is 0 Å². The molecule has 1 saturated heterocycles. The minimum Gasteiger partial charge on any atom is -0.478 e. The number of hydrogen-bond donors (Lipinski definition) is 2. The molecule has 1 aliphatic heterocycles. The Morgan fingerprint density at radius 3 is 2.71 bits per heavy atom. The van der Waals surface area contributed by atoms with Crippen LogP contribution in [0.25, 0.3) is 0 Å². The highest BCUT2D eigenvalue weighted by Crippen LogP contribution is 2.24. The molecule has 2 aromatic carbocycles. The average Bonchev–Trinajstić information content (AvgIpc) is 2.95. The van der Waals surface area contributed by atoms with Crippen LogP contribution in [0.15, 0.2) is 48.5 Å². The van der Waals surface area contributed by atoms with Crippen LogP contribution in [-0.4, -0.2) is 36.4 Å². The highest BCUT2D eigenvalue weighted by atomic mass is 16.6. The highest BCUT2D eigenvalue weighted by molar-refractivity contribution is 5.95. The van der Waals surface area contributed by atoms with Crippen LogP contribution in [0.4, 0.5) is 16.2 Å². The van der Waals surface area contributed by atoms with Gasteiger partial charge in [-0.1, -0.05) is 30.3 Å². The van der Waals surface area contributed by atoms with Crippen LogP contribution >= 0.6 is 0 Å². The van der Waals surface area contributed by atoms with E-state index in [9.17, 15) is 14.7 Å². The molecule has 0 aliphatic carbocycles. The number of carbonyl (C=O) groups excluding carboxylic acids is 1. The predicted molar refractivity (Wildman–Crippen MR) is 90.7 cm³/mol. The number of benzene rings is 2. The smallest absolute Gasteiger partial charge is 0.414 e. The van der Waals surface area contributed by atoms with Gasteiger partial charge < -0.3 is 15.2 Å². The number of nitrogens with one attached hydrogen (secondary N) is 1. The Morgan fingerprint density at radius 2 is 2.00 bits per heavy atom. The molecule has 1 aliphatic rings. The number of hydrogen-bond acceptors (Lipinski definition) is 4. The van der Waals surface area contributed by atoms with Gasteiger partial charge in [0.25, 0.3) is 0 Å². The first-order valence-corrected chi connectivity index (χ1v) is 7.66. The minimum atomic E-state index is -0.990. The maximum Gasteiger partial charge on any atom is 0.414 e. The largest absolute Gasteiger partial charge is 0.478 e. The van der Waals surface area contributed by atoms with Crippen molar-refractivity contribution in [2.45, 2.75) is 13.0 Å². The summed E-state index contributed by atoms with van der Waals surface area (Å²) in [5.41, 5.74) is 2.38. The van der Waals surface area contributed by atoms with Gasteiger partial charge in [-0.2, -0.15) is 0 Å². The van der Waals surface area contributed by atoms with E-state index in [0.717, 1.165) is 11.3 Å². The summed E-state index contributed by atoms with van der Waals surface area (Å²) in [6.07, 6.45) is -0.741. The lowest BCUT2D eigenvalue weighted by molar-refractivity contribution is 0.0697. The summed E-state index contributed by atoms with van der Waals surface area (Å²) in [7, 11) is 0. The average molecular weight is 326 g/mol. The summed E-state index contributed by atoms with van der Waals surface area (Å²) >= 11 is 0. The first-order valence-electron chi connectivity index (χ1n) is 7.66. The van der Waals surface area contributed by atoms with E-state index in [4.69, 9.17) is 4.74 Å². The molecule has 0 aromatic heterocycles. The molecule has 1 fully saturated rings. The summed E-state index contributed by atoms with van der Waals surface area (Å²) in [6, 6.07) is 14.4. The van der Waals surface area contributed by atoms with E-state index < -0.39 is 12.1 Å². The molecule has 6 heteroatoms. The SMILES string of the molecule is Cc1cccc(C(=O)O)c1NC[C@H]1CN(c2ccccc2)C(=O)O1. The maximum atomic E-state index is 12.0. The lowest BCUT2D eigenvalue weighted by atomic mass is 10.1. The van der Waals surface area contributed by atoms with Crippen LogP contribution in [0.2, 0.25) is 0 Å². The molecule has 2 N–H and O–H groups in total. The predicted octanol–water partition coefficient (Wildman–Crippen LogP) is 3.13. The quantitative estimate of drug-likeness (QED) is 0.882. The van der Waals surface area contributed by atoms with E-state index in [0.29, 0.717) is 18.8 Å². The highest BCUT2D eigenvalue weighted by Gasteiger charge is 2.32. The molecule has 0 bridgehead atoms. The molecule has 1 amide bonds. The molecule has 24 heavy (non-hydrogen) atoms. The van der Waals surface area contributed by atoms with E-state index >= 15 is 0 Å². The first kappa shape index (κ1) is 15.9. The number of rotatable bonds is 5. The Bertz CT molecular complexity index is 761. The van der Waals surface area contributed by atoms with Crippen molar-refractivity contribution in [3.63, 3.8) is 0 Å². The summed E-state index contributed by atoms with van der Waals surface area (Å²) in [4.78, 5) is 24.9. The Morgan fingerprint density at radius 1 is 1.25 bits per heavy atom. The van der Waals surface area contributed by atoms with Crippen molar-refractivity contribution in [2.24, 2.45) is 0 Å². The Labute approximate surface area is 139 Å². The summed E-state index contributed by atoms with van der Waals surface area (Å²) < 4.78 is 5.37. The monoisotopic (exact) mass is 326 g/mol. The number of para-hydroxylation sites is 2. The lowest BCUT2D eigenvalue weighted by Gasteiger charge is -2.15. The minimum absolute atomic E-state index is 0.208. The van der Waals surface area contributed by atoms with Gasteiger partial charge in [-0.15, -0.1) is 0 Å². The van der Waals surface area contributed by atoms with Crippen molar-refractivity contribution in [1.82, 2.24) is 0 Å². The number of nitrogens with zero attached hydrogens (tertiary/aromatic N) is 1. The van der Waals surface area contributed by atoms with Gasteiger partial charge in [0.1, 0.15) is 6.10 Å². The van der Waals surface area contributed by atoms with E-state index in [-0.39, 0.29) is 11.7 Å². The van der Waals surface area contributed by atoms with Crippen molar-refractivity contribution < 1.29 is 19.4 Å². The molecule has 0 spiro atoms. The normalized spacial score (nSPS) is 16.8. The maximum absolute atomic E-state index is 12.0. The standard InChI is InChI=1S/C18H18N2O4/c1-12-6-5-9-15(17(21)22)16(12)19-10-14-11-20(18(23)24-14)13-7-3-2-4-8-13/h2-9,14,19H,10-11H2,1H3,(H,21,22)/t14-/m0/s1. The number of aromatic carboxylic acids is 1. The van der Waals surface area contributed by atoms with Gasteiger partial charge >= 0.3 is 12.1 Å². The van der Waals surface area contributed by atoms with Crippen molar-refractivity contribution in [3.05, 3.63) is 59.7 Å². The van der Waals surface area contributed by atoms with Crippen molar-refractivity contribution in [3.8, 4) is 0 Å². The van der Waals surface area contributed by atoms with Crippen LogP contribution in [0.5, 0.6) is 0 Å². The molecule has 0 radical (unpaired) electrons. The third-order valence-corrected chi connectivity index (χ3v) is 3.95. The second kappa shape index (κ2) is 6.62. The van der Waals surface area contributed by atoms with Crippen LogP contribution < -0.4 is 10.2 Å². The molecule has 3 rings (SSSR count). The van der Waals surface area contributed by atoms with Crippen molar-refractivity contribution >= 4 is 23.4 Å². The zero-order valence-electron chi connectivity index (χ0n) is 13.2. The third kappa shape index (κ3) is 3.17. The number of carbonyl (C=O) groups is 2. The fraction of sp³-hybridized carbons (Fsp3) is 0.222. The molecule has 0 unspecified atom stereocenters. The number of carboxylic acid groups (broad SMARTS) is 1. The fourth-order valence-electron chi connectivity index (χ4n) is 2.74. The van der Waals surface area contributed by atoms with Gasteiger partial charge in [0, 0.05) is 5.69 Å². The number of anilines is 2. The topological polar surface area (TPSA) is 78.9 Å². The zero-order valence-corrected chi connectivity index (χ0v) is 13.2. The van der Waals surface area contributed by atoms with Crippen LogP contribution in [0.1, 0.15) is 15.9 Å². The van der Waals surface area contributed by atoms with Gasteiger partial charge in [0.2, 0.25) is 0 Å². The van der Waals surface area contributed by atoms with E-state index in [1.54, 1.807) is 17.0 Å². The molecular weight excluding hydrogens is 308 g/mol. The Kier molecular flexibility index (Phi) is 4.37. The van der Waals surface area contributed by atoms with E-state index in [1.165, 1.54) is 0 Å². The summed E-state index contributed by atoms with van der Waals surface area (Å²) in [5, 5.41) is 12.4. The number of ether oxygens (including phenoxy) is 1. The number of amides is 1. The summed E-state index contributed by atoms with van der Waals surface area (Å²) in [6.45, 7) is 2.61. The van der Waals surface area contributed by atoms with Crippen LogP contribution in [-0.2, 0) is 4.74 Å². The lowest BCUT2D eigenvalue weighted by Crippen LogP contribution is -2.27. The van der Waals surface area contributed by atoms with Gasteiger partial charge in [-0.25, -0.2) is 9.59 Å². The molecule has 6 nitrogen and oxygen atoms in total. The summed E-state index contributed by atoms with van der Waals surface area (Å²) in [5.74, 6) is -0.990. The fourth-order valence-corrected chi connectivity index (χ4v) is 2.74. The first-order chi connectivity index (χ1) is 11.6. The molecule has 2 aromatic rings. The third-order valence-electron chi connectivity index (χ3n) is 3.95. The molecular formula is C18H18N2O4. The second-order valence-corrected chi connectivity index (χ2v) is 5.64. The van der Waals surface area contributed by atoms with Gasteiger partial charge in [-0.3, -0.25) is 4.90 Å². The second-order valence-electron chi connectivity index (χ2n) is 5.64. The zero-order chi connectivity index (χ0) is 17.1. The van der Waals surface area contributed by atoms with Crippen LogP contribution in [0, 0.1) is 6.92 Å². The molecule has 0 saturated carbocycles. The number of aryl methyl sites for hydroxylation is 1. The van der Waals surface area contributed by atoms with Crippen molar-refractivity contribution in [1.29, 1.82) is 0 Å². The Balaban J connectivity index is 1.69. The van der Waals surface area contributed by atoms with Crippen LogP contribution in [0.3, 0.4) is 0 Å². The number of carboxylic acids is 1. The molecule has 124 valence electrons. The van der Waals surface area contributed by atoms with Gasteiger partial charge in [0.05, 0.1) is 24.3 Å². The van der Waals surface area contributed by atoms with Gasteiger partial charge in [-0.05, 0) is 30.7 Å². The van der Waals surface area contributed by atoms with E-state index in [2.05, 4.69) is 5.32 Å². The Hall–Kier alpha value is -3.02. The number of cyclic esters (lactones) is 1.